The number of hydrogen-bond acceptors (Lipinski definition) is 9. The molecule has 0 fully saturated rings. The Labute approximate surface area is 182 Å². The van der Waals surface area contributed by atoms with Crippen molar-refractivity contribution in [1.82, 2.24) is 19.9 Å². The van der Waals surface area contributed by atoms with Gasteiger partial charge >= 0.3 is 5.97 Å². The number of methoxy groups -OCH3 is 1. The maximum absolute atomic E-state index is 13.4. The second-order valence-electron chi connectivity index (χ2n) is 6.79. The molecule has 10 heteroatoms. The van der Waals surface area contributed by atoms with E-state index >= 15 is 0 Å². The summed E-state index contributed by atoms with van der Waals surface area (Å²) in [4.78, 5) is 29.2. The van der Waals surface area contributed by atoms with Gasteiger partial charge in [-0.1, -0.05) is 12.1 Å². The van der Waals surface area contributed by atoms with E-state index in [0.29, 0.717) is 28.0 Å². The number of nitrogens with two attached hydrogens (primary N) is 1. The minimum atomic E-state index is -0.612. The number of rotatable bonds is 6. The first kappa shape index (κ1) is 20.9. The molecule has 0 unspecified atom stereocenters. The third-order valence-corrected chi connectivity index (χ3v) is 4.58. The van der Waals surface area contributed by atoms with Crippen LogP contribution in [0.4, 0.5) is 22.0 Å². The molecule has 0 aliphatic carbocycles. The Morgan fingerprint density at radius 1 is 1.09 bits per heavy atom. The van der Waals surface area contributed by atoms with Crippen LogP contribution < -0.4 is 15.8 Å². The normalized spacial score (nSPS) is 10.7. The summed E-state index contributed by atoms with van der Waals surface area (Å²) >= 11 is 0. The average molecular weight is 434 g/mol. The van der Waals surface area contributed by atoms with Gasteiger partial charge in [-0.25, -0.2) is 9.18 Å². The number of nitrogens with one attached hydrogen (secondary N) is 1. The lowest BCUT2D eigenvalue weighted by atomic mass is 10.1. The van der Waals surface area contributed by atoms with Crippen molar-refractivity contribution in [3.05, 3.63) is 71.4 Å². The van der Waals surface area contributed by atoms with Crippen molar-refractivity contribution in [2.45, 2.75) is 13.5 Å². The first-order chi connectivity index (χ1) is 15.4. The van der Waals surface area contributed by atoms with Crippen molar-refractivity contribution in [3.8, 4) is 5.75 Å². The van der Waals surface area contributed by atoms with Crippen molar-refractivity contribution >= 4 is 34.5 Å². The molecule has 2 aromatic heterocycles. The van der Waals surface area contributed by atoms with E-state index in [2.05, 4.69) is 25.3 Å². The van der Waals surface area contributed by atoms with Gasteiger partial charge in [0.2, 0.25) is 11.9 Å². The molecule has 9 nitrogen and oxygen atoms in total. The first-order valence-electron chi connectivity index (χ1n) is 9.57. The van der Waals surface area contributed by atoms with E-state index in [4.69, 9.17) is 15.2 Å². The van der Waals surface area contributed by atoms with Crippen LogP contribution in [0.2, 0.25) is 0 Å². The van der Waals surface area contributed by atoms with Gasteiger partial charge in [0.1, 0.15) is 11.6 Å². The van der Waals surface area contributed by atoms with Crippen LogP contribution in [0.25, 0.3) is 10.9 Å². The van der Waals surface area contributed by atoms with Gasteiger partial charge in [-0.05, 0) is 37.3 Å². The predicted molar refractivity (Wildman–Crippen MR) is 116 cm³/mol. The van der Waals surface area contributed by atoms with Crippen molar-refractivity contribution in [3.63, 3.8) is 0 Å². The number of nitrogen functional groups attached to an aromatic ring is 1. The molecule has 0 bridgehead atoms. The molecule has 3 N–H and O–H groups in total. The number of pyridine rings is 1. The summed E-state index contributed by atoms with van der Waals surface area (Å²) in [5, 5.41) is 3.63. The van der Waals surface area contributed by atoms with Gasteiger partial charge in [0.15, 0.2) is 12.4 Å². The Kier molecular flexibility index (Phi) is 5.75. The molecule has 32 heavy (non-hydrogen) atoms. The molecule has 162 valence electrons. The molecule has 0 amide bonds. The van der Waals surface area contributed by atoms with Crippen LogP contribution in [0.1, 0.15) is 21.9 Å². The molecule has 4 rings (SSSR count). The van der Waals surface area contributed by atoms with Crippen LogP contribution >= 0.6 is 0 Å². The van der Waals surface area contributed by atoms with Gasteiger partial charge in [-0.15, -0.1) is 0 Å². The van der Waals surface area contributed by atoms with Crippen molar-refractivity contribution in [1.29, 1.82) is 0 Å². The van der Waals surface area contributed by atoms with Crippen LogP contribution in [0.15, 0.2) is 48.5 Å². The Morgan fingerprint density at radius 2 is 1.91 bits per heavy atom. The van der Waals surface area contributed by atoms with Gasteiger partial charge in [0.25, 0.3) is 0 Å². The van der Waals surface area contributed by atoms with Crippen molar-refractivity contribution < 1.29 is 18.7 Å². The van der Waals surface area contributed by atoms with Crippen molar-refractivity contribution in [2.75, 3.05) is 18.2 Å². The molecule has 0 radical (unpaired) electrons. The van der Waals surface area contributed by atoms with Crippen LogP contribution in [-0.2, 0) is 11.3 Å². The Morgan fingerprint density at radius 3 is 2.72 bits per heavy atom. The lowest BCUT2D eigenvalue weighted by Gasteiger charge is -2.11. The van der Waals surface area contributed by atoms with Gasteiger partial charge in [0.05, 0.1) is 29.6 Å². The summed E-state index contributed by atoms with van der Waals surface area (Å²) in [6, 6.07) is 13.0. The number of hydrogen-bond donors (Lipinski definition) is 2. The number of carbonyl (C=O) groups is 1. The number of anilines is 3. The zero-order valence-corrected chi connectivity index (χ0v) is 17.3. The zero-order valence-electron chi connectivity index (χ0n) is 17.3. The first-order valence-corrected chi connectivity index (χ1v) is 9.57. The van der Waals surface area contributed by atoms with E-state index in [0.717, 1.165) is 0 Å². The standard InChI is InChI=1S/C22H19FN6O3/c1-12-15(9-13-7-8-14(23)10-17(13)25-12)20(30)32-11-19-27-21(24)29-22(28-19)26-16-5-3-4-6-18(16)31-2/h3-10H,11H2,1-2H3,(H3,24,26,27,28,29). The third-order valence-electron chi connectivity index (χ3n) is 4.58. The molecular weight excluding hydrogens is 415 g/mol. The number of esters is 1. The summed E-state index contributed by atoms with van der Waals surface area (Å²) in [5.41, 5.74) is 7.56. The van der Waals surface area contributed by atoms with E-state index < -0.39 is 11.8 Å². The monoisotopic (exact) mass is 434 g/mol. The van der Waals surface area contributed by atoms with E-state index in [1.807, 2.05) is 12.1 Å². The smallest absolute Gasteiger partial charge is 0.340 e. The molecule has 0 aliphatic heterocycles. The topological polar surface area (TPSA) is 125 Å². The second kappa shape index (κ2) is 8.80. The quantitative estimate of drug-likeness (QED) is 0.438. The number of benzene rings is 2. The number of nitrogens with zero attached hydrogens (tertiary/aromatic N) is 4. The highest BCUT2D eigenvalue weighted by Crippen LogP contribution is 2.25. The van der Waals surface area contributed by atoms with Crippen LogP contribution in [0.5, 0.6) is 5.75 Å². The van der Waals surface area contributed by atoms with Gasteiger partial charge in [-0.3, -0.25) is 4.98 Å². The molecule has 4 aromatic rings. The fourth-order valence-corrected chi connectivity index (χ4v) is 3.08. The summed E-state index contributed by atoms with van der Waals surface area (Å²) in [6.45, 7) is 1.42. The third kappa shape index (κ3) is 4.53. The largest absolute Gasteiger partial charge is 0.495 e. The Bertz CT molecular complexity index is 1310. The molecule has 0 saturated carbocycles. The highest BCUT2D eigenvalue weighted by Gasteiger charge is 2.15. The van der Waals surface area contributed by atoms with E-state index in [9.17, 15) is 9.18 Å². The number of aromatic nitrogens is 4. The number of halogens is 1. The molecule has 0 spiro atoms. The summed E-state index contributed by atoms with van der Waals surface area (Å²) in [7, 11) is 1.55. The number of para-hydroxylation sites is 2. The number of aryl methyl sites for hydroxylation is 1. The fourth-order valence-electron chi connectivity index (χ4n) is 3.08. The highest BCUT2D eigenvalue weighted by atomic mass is 19.1. The number of fused-ring (bicyclic) bond motifs is 1. The van der Waals surface area contributed by atoms with Gasteiger partial charge in [-0.2, -0.15) is 15.0 Å². The van der Waals surface area contributed by atoms with Gasteiger partial charge < -0.3 is 20.5 Å². The molecule has 2 heterocycles. The average Bonchev–Trinajstić information content (AvgIpc) is 2.77. The number of ether oxygens (including phenoxy) is 2. The van der Waals surface area contributed by atoms with E-state index in [1.54, 1.807) is 38.3 Å². The second-order valence-corrected chi connectivity index (χ2v) is 6.79. The molecule has 0 atom stereocenters. The Hall–Kier alpha value is -4.34. The van der Waals surface area contributed by atoms with Crippen LogP contribution in [-0.4, -0.2) is 33.0 Å². The van der Waals surface area contributed by atoms with E-state index in [1.165, 1.54) is 12.1 Å². The SMILES string of the molecule is COc1ccccc1Nc1nc(N)nc(COC(=O)c2cc3ccc(F)cc3nc2C)n1. The maximum atomic E-state index is 13.4. The Balaban J connectivity index is 1.51. The minimum Gasteiger partial charge on any atom is -0.495 e. The lowest BCUT2D eigenvalue weighted by Crippen LogP contribution is -2.12. The minimum absolute atomic E-state index is 0.0333. The van der Waals surface area contributed by atoms with Crippen molar-refractivity contribution in [2.24, 2.45) is 0 Å². The molecule has 0 aliphatic rings. The van der Waals surface area contributed by atoms with Crippen LogP contribution in [0, 0.1) is 12.7 Å². The summed E-state index contributed by atoms with van der Waals surface area (Å²) < 4.78 is 24.1. The van der Waals surface area contributed by atoms with E-state index in [-0.39, 0.29) is 29.9 Å². The molecule has 0 saturated heterocycles. The highest BCUT2D eigenvalue weighted by molar-refractivity contribution is 5.95. The molecular formula is C22H19FN6O3. The molecule has 2 aromatic carbocycles. The zero-order chi connectivity index (χ0) is 22.7. The maximum Gasteiger partial charge on any atom is 0.340 e. The van der Waals surface area contributed by atoms with Gasteiger partial charge in [0, 0.05) is 11.5 Å². The lowest BCUT2D eigenvalue weighted by molar-refractivity contribution is 0.0461. The van der Waals surface area contributed by atoms with Crippen LogP contribution in [0.3, 0.4) is 0 Å². The predicted octanol–water partition coefficient (Wildman–Crippen LogP) is 3.56. The summed E-state index contributed by atoms with van der Waals surface area (Å²) in [6.07, 6.45) is 0. The number of carbonyl (C=O) groups excluding carboxylic acids is 1. The summed E-state index contributed by atoms with van der Waals surface area (Å²) in [5.74, 6) is -0.105. The fraction of sp³-hybridized carbons (Fsp3) is 0.136.